The Balaban J connectivity index is 2.41. The number of nitrogens with one attached hydrogen (secondary N) is 1. The molecule has 0 bridgehead atoms. The predicted molar refractivity (Wildman–Crippen MR) is 88.5 cm³/mol. The Morgan fingerprint density at radius 3 is 2.10 bits per heavy atom. The molecule has 2 aromatic rings. The first kappa shape index (κ1) is 15.7. The summed E-state index contributed by atoms with van der Waals surface area (Å²) in [5.41, 5.74) is 5.06. The van der Waals surface area contributed by atoms with Crippen LogP contribution in [-0.4, -0.2) is 13.7 Å². The third-order valence-corrected chi connectivity index (χ3v) is 3.71. The van der Waals surface area contributed by atoms with E-state index < -0.39 is 0 Å². The van der Waals surface area contributed by atoms with Crippen LogP contribution in [0.4, 0.5) is 0 Å². The van der Waals surface area contributed by atoms with Gasteiger partial charge in [-0.25, -0.2) is 0 Å². The third-order valence-electron chi connectivity index (χ3n) is 3.71. The summed E-state index contributed by atoms with van der Waals surface area (Å²) in [7, 11) is 1.78. The van der Waals surface area contributed by atoms with E-state index >= 15 is 0 Å². The van der Waals surface area contributed by atoms with Crippen molar-refractivity contribution in [3.63, 3.8) is 0 Å². The first-order chi connectivity index (χ1) is 10.2. The van der Waals surface area contributed by atoms with Gasteiger partial charge < -0.3 is 10.1 Å². The van der Waals surface area contributed by atoms with Crippen LogP contribution in [0.15, 0.2) is 48.5 Å². The minimum Gasteiger partial charge on any atom is -0.375 e. The van der Waals surface area contributed by atoms with Gasteiger partial charge in [0.2, 0.25) is 0 Å². The zero-order chi connectivity index (χ0) is 15.2. The summed E-state index contributed by atoms with van der Waals surface area (Å²) in [6, 6.07) is 17.3. The van der Waals surface area contributed by atoms with Gasteiger partial charge in [-0.2, -0.15) is 0 Å². The highest BCUT2D eigenvalue weighted by molar-refractivity contribution is 5.33. The van der Waals surface area contributed by atoms with Crippen LogP contribution in [0.5, 0.6) is 0 Å². The molecular formula is C19H25NO. The Bertz CT molecular complexity index is 545. The fraction of sp³-hybridized carbons (Fsp3) is 0.368. The molecule has 2 heteroatoms. The van der Waals surface area contributed by atoms with Crippen LogP contribution in [-0.2, 0) is 4.74 Å². The lowest BCUT2D eigenvalue weighted by Gasteiger charge is -2.28. The molecule has 0 saturated carbocycles. The van der Waals surface area contributed by atoms with Crippen molar-refractivity contribution in [2.75, 3.05) is 13.7 Å². The highest BCUT2D eigenvalue weighted by Crippen LogP contribution is 2.32. The lowest BCUT2D eigenvalue weighted by Crippen LogP contribution is -2.28. The number of hydrogen-bond donors (Lipinski definition) is 1. The highest BCUT2D eigenvalue weighted by atomic mass is 16.5. The number of aryl methyl sites for hydroxylation is 2. The molecule has 0 heterocycles. The number of likely N-dealkylation sites (N-methyl/N-ethyl adjacent to an activating group) is 1. The average molecular weight is 283 g/mol. The maximum atomic E-state index is 5.82. The molecule has 0 saturated heterocycles. The second kappa shape index (κ2) is 7.39. The number of rotatable bonds is 6. The number of benzene rings is 2. The topological polar surface area (TPSA) is 21.3 Å². The van der Waals surface area contributed by atoms with E-state index in [0.29, 0.717) is 0 Å². The minimum atomic E-state index is 0.00681. The van der Waals surface area contributed by atoms with Crippen molar-refractivity contribution in [3.05, 3.63) is 70.8 Å². The molecule has 112 valence electrons. The van der Waals surface area contributed by atoms with Gasteiger partial charge in [-0.1, -0.05) is 66.6 Å². The molecule has 2 rings (SSSR count). The quantitative estimate of drug-likeness (QED) is 0.851. The SMILES string of the molecule is CCNC(c1cc(C)cc(C)c1)C(OC)c1ccccc1. The van der Waals surface area contributed by atoms with Gasteiger partial charge in [0.1, 0.15) is 6.10 Å². The third kappa shape index (κ3) is 3.93. The number of ether oxygens (including phenoxy) is 1. The van der Waals surface area contributed by atoms with Crippen molar-refractivity contribution in [2.24, 2.45) is 0 Å². The Hall–Kier alpha value is -1.64. The first-order valence-electron chi connectivity index (χ1n) is 7.55. The van der Waals surface area contributed by atoms with E-state index in [1.165, 1.54) is 22.3 Å². The molecule has 0 fully saturated rings. The molecular weight excluding hydrogens is 258 g/mol. The molecule has 0 amide bonds. The van der Waals surface area contributed by atoms with Gasteiger partial charge >= 0.3 is 0 Å². The molecule has 2 aromatic carbocycles. The van der Waals surface area contributed by atoms with Gasteiger partial charge in [-0.15, -0.1) is 0 Å². The van der Waals surface area contributed by atoms with Crippen LogP contribution in [0, 0.1) is 13.8 Å². The van der Waals surface area contributed by atoms with Crippen molar-refractivity contribution in [1.29, 1.82) is 0 Å². The predicted octanol–water partition coefficient (Wildman–Crippen LogP) is 4.34. The molecule has 0 aliphatic heterocycles. The fourth-order valence-electron chi connectivity index (χ4n) is 2.92. The van der Waals surface area contributed by atoms with Crippen LogP contribution < -0.4 is 5.32 Å². The average Bonchev–Trinajstić information content (AvgIpc) is 2.47. The summed E-state index contributed by atoms with van der Waals surface area (Å²) >= 11 is 0. The zero-order valence-corrected chi connectivity index (χ0v) is 13.4. The Labute approximate surface area is 128 Å². The van der Waals surface area contributed by atoms with Crippen molar-refractivity contribution >= 4 is 0 Å². The molecule has 0 spiro atoms. The van der Waals surface area contributed by atoms with E-state index in [-0.39, 0.29) is 12.1 Å². The van der Waals surface area contributed by atoms with Crippen LogP contribution in [0.3, 0.4) is 0 Å². The molecule has 2 unspecified atom stereocenters. The summed E-state index contributed by atoms with van der Waals surface area (Å²) in [5, 5.41) is 3.58. The maximum absolute atomic E-state index is 5.82. The van der Waals surface area contributed by atoms with Gasteiger partial charge in [0.15, 0.2) is 0 Å². The van der Waals surface area contributed by atoms with Gasteiger partial charge in [-0.05, 0) is 31.5 Å². The van der Waals surface area contributed by atoms with Gasteiger partial charge in [0.25, 0.3) is 0 Å². The molecule has 0 aromatic heterocycles. The van der Waals surface area contributed by atoms with Crippen molar-refractivity contribution in [3.8, 4) is 0 Å². The molecule has 2 nitrogen and oxygen atoms in total. The highest BCUT2D eigenvalue weighted by Gasteiger charge is 2.24. The standard InChI is InChI=1S/C19H25NO/c1-5-20-18(17-12-14(2)11-15(3)13-17)19(21-4)16-9-7-6-8-10-16/h6-13,18-20H,5H2,1-4H3. The molecule has 0 radical (unpaired) electrons. The van der Waals surface area contributed by atoms with Crippen molar-refractivity contribution in [2.45, 2.75) is 32.9 Å². The summed E-state index contributed by atoms with van der Waals surface area (Å²) < 4.78 is 5.82. The molecule has 0 aliphatic carbocycles. The van der Waals surface area contributed by atoms with Gasteiger partial charge in [-0.3, -0.25) is 0 Å². The Kier molecular flexibility index (Phi) is 5.54. The normalized spacial score (nSPS) is 13.9. The summed E-state index contributed by atoms with van der Waals surface area (Å²) in [6.45, 7) is 7.32. The van der Waals surface area contributed by atoms with Crippen LogP contribution in [0.2, 0.25) is 0 Å². The fourth-order valence-corrected chi connectivity index (χ4v) is 2.92. The van der Waals surface area contributed by atoms with Crippen LogP contribution >= 0.6 is 0 Å². The van der Waals surface area contributed by atoms with Crippen LogP contribution in [0.25, 0.3) is 0 Å². The van der Waals surface area contributed by atoms with Crippen LogP contribution in [0.1, 0.15) is 41.3 Å². The maximum Gasteiger partial charge on any atom is 0.102 e. The van der Waals surface area contributed by atoms with E-state index in [4.69, 9.17) is 4.74 Å². The van der Waals surface area contributed by atoms with E-state index in [2.05, 4.69) is 68.6 Å². The number of methoxy groups -OCH3 is 1. The number of hydrogen-bond acceptors (Lipinski definition) is 2. The Morgan fingerprint density at radius 2 is 1.57 bits per heavy atom. The summed E-state index contributed by atoms with van der Waals surface area (Å²) in [4.78, 5) is 0. The van der Waals surface area contributed by atoms with E-state index in [9.17, 15) is 0 Å². The Morgan fingerprint density at radius 1 is 0.952 bits per heavy atom. The molecule has 21 heavy (non-hydrogen) atoms. The van der Waals surface area contributed by atoms with E-state index in [0.717, 1.165) is 6.54 Å². The van der Waals surface area contributed by atoms with Crippen molar-refractivity contribution in [1.82, 2.24) is 5.32 Å². The van der Waals surface area contributed by atoms with Crippen molar-refractivity contribution < 1.29 is 4.74 Å². The second-order valence-electron chi connectivity index (χ2n) is 5.52. The largest absolute Gasteiger partial charge is 0.375 e. The smallest absolute Gasteiger partial charge is 0.102 e. The molecule has 2 atom stereocenters. The monoisotopic (exact) mass is 283 g/mol. The zero-order valence-electron chi connectivity index (χ0n) is 13.4. The minimum absolute atomic E-state index is 0.00681. The lowest BCUT2D eigenvalue weighted by molar-refractivity contribution is 0.0681. The molecule has 0 aliphatic rings. The molecule has 1 N–H and O–H groups in total. The second-order valence-corrected chi connectivity index (χ2v) is 5.52. The summed E-state index contributed by atoms with van der Waals surface area (Å²) in [6.07, 6.45) is 0.00681. The lowest BCUT2D eigenvalue weighted by atomic mass is 9.93. The van der Waals surface area contributed by atoms with E-state index in [1.54, 1.807) is 7.11 Å². The van der Waals surface area contributed by atoms with Gasteiger partial charge in [0, 0.05) is 7.11 Å². The van der Waals surface area contributed by atoms with Gasteiger partial charge in [0.05, 0.1) is 6.04 Å². The first-order valence-corrected chi connectivity index (χ1v) is 7.55. The van der Waals surface area contributed by atoms with E-state index in [1.807, 2.05) is 6.07 Å². The summed E-state index contributed by atoms with van der Waals surface area (Å²) in [5.74, 6) is 0.